The van der Waals surface area contributed by atoms with E-state index in [1.807, 2.05) is 6.08 Å². The number of allylic oxidation sites excluding steroid dienone is 1. The van der Waals surface area contributed by atoms with Crippen molar-refractivity contribution >= 4 is 8.56 Å². The summed E-state index contributed by atoms with van der Waals surface area (Å²) in [5, 5.41) is 0. The molecule has 3 heteroatoms. The highest BCUT2D eigenvalue weighted by atomic mass is 28.4. The van der Waals surface area contributed by atoms with Crippen molar-refractivity contribution in [2.45, 2.75) is 19.0 Å². The smallest absolute Gasteiger partial charge is 0.334 e. The predicted molar refractivity (Wildman–Crippen MR) is 45.3 cm³/mol. The van der Waals surface area contributed by atoms with Gasteiger partial charge in [0.2, 0.25) is 0 Å². The lowest BCUT2D eigenvalue weighted by Gasteiger charge is -2.21. The maximum Gasteiger partial charge on any atom is 0.334 e. The van der Waals surface area contributed by atoms with E-state index in [1.54, 1.807) is 14.2 Å². The Balaban J connectivity index is 3.68. The Labute approximate surface area is 64.1 Å². The first-order valence-corrected chi connectivity index (χ1v) is 5.92. The van der Waals surface area contributed by atoms with Crippen molar-refractivity contribution in [2.75, 3.05) is 14.2 Å². The third-order valence-corrected chi connectivity index (χ3v) is 4.59. The van der Waals surface area contributed by atoms with Gasteiger partial charge in [-0.3, -0.25) is 0 Å². The summed E-state index contributed by atoms with van der Waals surface area (Å²) in [4.78, 5) is 0. The van der Waals surface area contributed by atoms with Gasteiger partial charge in [-0.25, -0.2) is 0 Å². The van der Waals surface area contributed by atoms with Crippen LogP contribution in [0.1, 0.15) is 6.42 Å². The zero-order valence-corrected chi connectivity index (χ0v) is 8.02. The molecule has 0 atom stereocenters. The van der Waals surface area contributed by atoms with Crippen molar-refractivity contribution in [3.63, 3.8) is 0 Å². The Morgan fingerprint density at radius 3 is 2.20 bits per heavy atom. The molecule has 0 bridgehead atoms. The van der Waals surface area contributed by atoms with Gasteiger partial charge < -0.3 is 8.85 Å². The van der Waals surface area contributed by atoms with Crippen LogP contribution in [0.4, 0.5) is 0 Å². The van der Waals surface area contributed by atoms with Crippen LogP contribution in [0, 0.1) is 0 Å². The molecule has 0 aliphatic rings. The van der Waals surface area contributed by atoms with Gasteiger partial charge in [0.1, 0.15) is 0 Å². The Morgan fingerprint density at radius 1 is 1.40 bits per heavy atom. The summed E-state index contributed by atoms with van der Waals surface area (Å²) < 4.78 is 10.5. The Kier molecular flexibility index (Phi) is 4.60. The molecule has 2 nitrogen and oxygen atoms in total. The van der Waals surface area contributed by atoms with Crippen LogP contribution in [-0.4, -0.2) is 22.8 Å². The molecule has 0 rings (SSSR count). The van der Waals surface area contributed by atoms with Gasteiger partial charge in [-0.1, -0.05) is 6.08 Å². The number of hydrogen-bond donors (Lipinski definition) is 0. The summed E-state index contributed by atoms with van der Waals surface area (Å²) in [7, 11) is 1.62. The second kappa shape index (κ2) is 4.66. The van der Waals surface area contributed by atoms with Crippen molar-refractivity contribution in [1.82, 2.24) is 0 Å². The van der Waals surface area contributed by atoms with Crippen LogP contribution < -0.4 is 0 Å². The summed E-state index contributed by atoms with van der Waals surface area (Å²) in [5.41, 5.74) is 0. The molecule has 0 unspecified atom stereocenters. The molecule has 0 saturated heterocycles. The highest BCUT2D eigenvalue weighted by Crippen LogP contribution is 2.13. The van der Waals surface area contributed by atoms with E-state index in [2.05, 4.69) is 13.1 Å². The fourth-order valence-corrected chi connectivity index (χ4v) is 1.96. The molecule has 0 fully saturated rings. The summed E-state index contributed by atoms with van der Waals surface area (Å²) in [6.07, 6.45) is 2.87. The maximum absolute atomic E-state index is 5.26. The summed E-state index contributed by atoms with van der Waals surface area (Å²) in [6.45, 7) is 5.70. The quantitative estimate of drug-likeness (QED) is 0.452. The molecule has 0 aliphatic carbocycles. The van der Waals surface area contributed by atoms with Crippen LogP contribution in [0.2, 0.25) is 12.6 Å². The van der Waals surface area contributed by atoms with E-state index in [0.717, 1.165) is 12.5 Å². The largest absolute Gasteiger partial charge is 0.398 e. The first-order valence-electron chi connectivity index (χ1n) is 3.39. The Morgan fingerprint density at radius 2 is 1.90 bits per heavy atom. The average molecular weight is 160 g/mol. The van der Waals surface area contributed by atoms with Crippen LogP contribution in [0.15, 0.2) is 12.7 Å². The van der Waals surface area contributed by atoms with Crippen molar-refractivity contribution in [2.24, 2.45) is 0 Å². The minimum absolute atomic E-state index is 0.977. The van der Waals surface area contributed by atoms with Crippen LogP contribution in [0.25, 0.3) is 0 Å². The summed E-state index contributed by atoms with van der Waals surface area (Å²) in [5.74, 6) is 0. The molecule has 0 N–H and O–H groups in total. The minimum atomic E-state index is -1.79. The van der Waals surface area contributed by atoms with Gasteiger partial charge >= 0.3 is 8.56 Å². The average Bonchev–Trinajstić information content (AvgIpc) is 2.00. The van der Waals surface area contributed by atoms with E-state index in [1.165, 1.54) is 0 Å². The molecular formula is C7H16O2Si. The van der Waals surface area contributed by atoms with Crippen molar-refractivity contribution < 1.29 is 8.85 Å². The van der Waals surface area contributed by atoms with E-state index < -0.39 is 8.56 Å². The third kappa shape index (κ3) is 3.15. The van der Waals surface area contributed by atoms with Gasteiger partial charge in [0.25, 0.3) is 0 Å². The monoisotopic (exact) mass is 160 g/mol. The van der Waals surface area contributed by atoms with Crippen LogP contribution in [0.5, 0.6) is 0 Å². The first kappa shape index (κ1) is 9.88. The molecule has 0 aromatic rings. The summed E-state index contributed by atoms with van der Waals surface area (Å²) >= 11 is 0. The van der Waals surface area contributed by atoms with E-state index in [4.69, 9.17) is 8.85 Å². The summed E-state index contributed by atoms with van der Waals surface area (Å²) in [6, 6.07) is 0.990. The zero-order chi connectivity index (χ0) is 8.04. The molecule has 10 heavy (non-hydrogen) atoms. The second-order valence-electron chi connectivity index (χ2n) is 2.37. The van der Waals surface area contributed by atoms with Crippen molar-refractivity contribution in [3.05, 3.63) is 12.7 Å². The normalized spacial score (nSPS) is 11.5. The fourth-order valence-electron chi connectivity index (χ4n) is 0.652. The molecular weight excluding hydrogens is 144 g/mol. The van der Waals surface area contributed by atoms with E-state index in [0.29, 0.717) is 0 Å². The Hall–Kier alpha value is -0.123. The topological polar surface area (TPSA) is 18.5 Å². The van der Waals surface area contributed by atoms with Crippen molar-refractivity contribution in [1.29, 1.82) is 0 Å². The SMILES string of the molecule is C=CCC[Si](C)(OC)OC. The minimum Gasteiger partial charge on any atom is -0.398 e. The molecule has 0 amide bonds. The molecule has 0 aromatic carbocycles. The molecule has 0 spiro atoms. The lowest BCUT2D eigenvalue weighted by molar-refractivity contribution is 0.250. The highest BCUT2D eigenvalue weighted by Gasteiger charge is 2.26. The molecule has 0 aliphatic heterocycles. The van der Waals surface area contributed by atoms with Crippen LogP contribution in [-0.2, 0) is 8.85 Å². The second-order valence-corrected chi connectivity index (χ2v) is 5.95. The molecule has 0 aromatic heterocycles. The zero-order valence-electron chi connectivity index (χ0n) is 7.02. The van der Waals surface area contributed by atoms with Gasteiger partial charge in [0, 0.05) is 14.2 Å². The van der Waals surface area contributed by atoms with Gasteiger partial charge in [0.05, 0.1) is 0 Å². The predicted octanol–water partition coefficient (Wildman–Crippen LogP) is 1.93. The molecule has 0 radical (unpaired) electrons. The van der Waals surface area contributed by atoms with E-state index >= 15 is 0 Å². The van der Waals surface area contributed by atoms with E-state index in [-0.39, 0.29) is 0 Å². The third-order valence-electron chi connectivity index (χ3n) is 1.67. The molecule has 0 saturated carbocycles. The first-order chi connectivity index (χ1) is 4.68. The number of rotatable bonds is 5. The lowest BCUT2D eigenvalue weighted by Crippen LogP contribution is -2.35. The van der Waals surface area contributed by atoms with Gasteiger partial charge in [-0.2, -0.15) is 0 Å². The van der Waals surface area contributed by atoms with Gasteiger partial charge in [0.15, 0.2) is 0 Å². The lowest BCUT2D eigenvalue weighted by atomic mass is 10.5. The van der Waals surface area contributed by atoms with Crippen LogP contribution in [0.3, 0.4) is 0 Å². The van der Waals surface area contributed by atoms with Gasteiger partial charge in [-0.05, 0) is 19.0 Å². The molecule has 60 valence electrons. The maximum atomic E-state index is 5.26. The van der Waals surface area contributed by atoms with Crippen LogP contribution >= 0.6 is 0 Å². The van der Waals surface area contributed by atoms with Crippen molar-refractivity contribution in [3.8, 4) is 0 Å². The molecule has 0 heterocycles. The fraction of sp³-hybridized carbons (Fsp3) is 0.714. The highest BCUT2D eigenvalue weighted by molar-refractivity contribution is 6.65. The Bertz CT molecular complexity index is 99.8. The standard InChI is InChI=1S/C7H16O2Si/c1-5-6-7-10(4,8-2)9-3/h5H,1,6-7H2,2-4H3. The van der Waals surface area contributed by atoms with Gasteiger partial charge in [-0.15, -0.1) is 6.58 Å². The van der Waals surface area contributed by atoms with E-state index in [9.17, 15) is 0 Å². The number of hydrogen-bond acceptors (Lipinski definition) is 2.